The summed E-state index contributed by atoms with van der Waals surface area (Å²) in [5.74, 6) is 0.966. The van der Waals surface area contributed by atoms with E-state index in [1.165, 1.54) is 0 Å². The molecule has 0 unspecified atom stereocenters. The molecule has 4 heteroatoms. The van der Waals surface area contributed by atoms with Gasteiger partial charge in [-0.1, -0.05) is 35.9 Å². The summed E-state index contributed by atoms with van der Waals surface area (Å²) in [5, 5.41) is 11.5. The van der Waals surface area contributed by atoms with E-state index < -0.39 is 5.60 Å². The molecule has 0 spiro atoms. The SMILES string of the molecule is OC1(c2ccccc2Cl)CCN(c2ccccn2)CC1. The van der Waals surface area contributed by atoms with Crippen molar-refractivity contribution in [2.45, 2.75) is 18.4 Å². The van der Waals surface area contributed by atoms with Crippen LogP contribution in [0.5, 0.6) is 0 Å². The molecule has 0 aliphatic carbocycles. The molecule has 1 aliphatic heterocycles. The van der Waals surface area contributed by atoms with Gasteiger partial charge in [-0.05, 0) is 31.0 Å². The molecule has 1 fully saturated rings. The number of rotatable bonds is 2. The van der Waals surface area contributed by atoms with Gasteiger partial charge in [0.2, 0.25) is 0 Å². The monoisotopic (exact) mass is 288 g/mol. The van der Waals surface area contributed by atoms with Crippen molar-refractivity contribution >= 4 is 17.4 Å². The van der Waals surface area contributed by atoms with Crippen LogP contribution in [0.1, 0.15) is 18.4 Å². The zero-order valence-electron chi connectivity index (χ0n) is 11.2. The van der Waals surface area contributed by atoms with E-state index >= 15 is 0 Å². The second kappa shape index (κ2) is 5.43. The molecule has 104 valence electrons. The van der Waals surface area contributed by atoms with Crippen molar-refractivity contribution in [3.8, 4) is 0 Å². The van der Waals surface area contributed by atoms with Crippen LogP contribution in [-0.2, 0) is 5.60 Å². The quantitative estimate of drug-likeness (QED) is 0.922. The van der Waals surface area contributed by atoms with E-state index in [1.807, 2.05) is 42.5 Å². The summed E-state index contributed by atoms with van der Waals surface area (Å²) >= 11 is 6.21. The Morgan fingerprint density at radius 3 is 2.40 bits per heavy atom. The highest BCUT2D eigenvalue weighted by molar-refractivity contribution is 6.31. The molecular weight excluding hydrogens is 272 g/mol. The minimum Gasteiger partial charge on any atom is -0.385 e. The van der Waals surface area contributed by atoms with Crippen molar-refractivity contribution in [2.24, 2.45) is 0 Å². The van der Waals surface area contributed by atoms with Gasteiger partial charge >= 0.3 is 0 Å². The fourth-order valence-corrected chi connectivity index (χ4v) is 3.07. The molecule has 0 amide bonds. The molecule has 1 N–H and O–H groups in total. The Kier molecular flexibility index (Phi) is 3.64. The Balaban J connectivity index is 1.77. The van der Waals surface area contributed by atoms with Gasteiger partial charge in [0, 0.05) is 29.9 Å². The summed E-state index contributed by atoms with van der Waals surface area (Å²) < 4.78 is 0. The Hall–Kier alpha value is -1.58. The Morgan fingerprint density at radius 1 is 1.05 bits per heavy atom. The van der Waals surface area contributed by atoms with Gasteiger partial charge in [-0.2, -0.15) is 0 Å². The summed E-state index contributed by atoms with van der Waals surface area (Å²) in [4.78, 5) is 6.56. The molecule has 3 nitrogen and oxygen atoms in total. The first kappa shape index (κ1) is 13.4. The molecule has 1 aliphatic rings. The molecule has 0 bridgehead atoms. The standard InChI is InChI=1S/C16H17ClN2O/c17-14-6-2-1-5-13(14)16(20)8-11-19(12-9-16)15-7-3-4-10-18-15/h1-7,10,20H,8-9,11-12H2. The van der Waals surface area contributed by atoms with Crippen LogP contribution >= 0.6 is 11.6 Å². The summed E-state index contributed by atoms with van der Waals surface area (Å²) in [7, 11) is 0. The van der Waals surface area contributed by atoms with E-state index in [0.717, 1.165) is 24.5 Å². The van der Waals surface area contributed by atoms with Crippen LogP contribution in [-0.4, -0.2) is 23.2 Å². The second-order valence-electron chi connectivity index (χ2n) is 5.19. The average Bonchev–Trinajstić information content (AvgIpc) is 2.49. The van der Waals surface area contributed by atoms with Crippen molar-refractivity contribution in [1.29, 1.82) is 0 Å². The van der Waals surface area contributed by atoms with Gasteiger partial charge in [-0.15, -0.1) is 0 Å². The van der Waals surface area contributed by atoms with Gasteiger partial charge in [0.1, 0.15) is 5.82 Å². The molecule has 3 rings (SSSR count). The zero-order chi connectivity index (χ0) is 14.0. The Labute approximate surface area is 123 Å². The number of aromatic nitrogens is 1. The second-order valence-corrected chi connectivity index (χ2v) is 5.59. The summed E-state index contributed by atoms with van der Waals surface area (Å²) in [5.41, 5.74) is 0.00576. The number of piperidine rings is 1. The third-order valence-electron chi connectivity index (χ3n) is 3.94. The van der Waals surface area contributed by atoms with Crippen LogP contribution in [0.4, 0.5) is 5.82 Å². The zero-order valence-corrected chi connectivity index (χ0v) is 11.9. The van der Waals surface area contributed by atoms with Crippen LogP contribution in [0, 0.1) is 0 Å². The molecule has 0 atom stereocenters. The maximum Gasteiger partial charge on any atom is 0.128 e. The molecule has 2 aromatic rings. The fraction of sp³-hybridized carbons (Fsp3) is 0.312. The largest absolute Gasteiger partial charge is 0.385 e. The van der Waals surface area contributed by atoms with Crippen molar-refractivity contribution in [3.63, 3.8) is 0 Å². The fourth-order valence-electron chi connectivity index (χ4n) is 2.75. The summed E-state index contributed by atoms with van der Waals surface area (Å²) in [6, 6.07) is 13.5. The predicted octanol–water partition coefficient (Wildman–Crippen LogP) is 3.22. The number of anilines is 1. The van der Waals surface area contributed by atoms with Crippen LogP contribution < -0.4 is 4.90 Å². The smallest absolute Gasteiger partial charge is 0.128 e. The van der Waals surface area contributed by atoms with Gasteiger partial charge in [0.15, 0.2) is 0 Å². The summed E-state index contributed by atoms with van der Waals surface area (Å²) in [6.07, 6.45) is 3.12. The first-order valence-corrected chi connectivity index (χ1v) is 7.20. The van der Waals surface area contributed by atoms with E-state index in [0.29, 0.717) is 17.9 Å². The number of nitrogens with zero attached hydrogens (tertiary/aromatic N) is 2. The van der Waals surface area contributed by atoms with Gasteiger partial charge in [0.25, 0.3) is 0 Å². The molecule has 1 saturated heterocycles. The maximum atomic E-state index is 10.9. The summed E-state index contributed by atoms with van der Waals surface area (Å²) in [6.45, 7) is 1.55. The number of benzene rings is 1. The topological polar surface area (TPSA) is 36.4 Å². The predicted molar refractivity (Wildman–Crippen MR) is 81.0 cm³/mol. The van der Waals surface area contributed by atoms with Gasteiger partial charge in [0.05, 0.1) is 5.60 Å². The van der Waals surface area contributed by atoms with E-state index in [2.05, 4.69) is 9.88 Å². The molecule has 1 aromatic heterocycles. The molecule has 2 heterocycles. The lowest BCUT2D eigenvalue weighted by atomic mass is 9.84. The third kappa shape index (κ3) is 2.51. The highest BCUT2D eigenvalue weighted by Crippen LogP contribution is 2.37. The van der Waals surface area contributed by atoms with Gasteiger partial charge in [-0.25, -0.2) is 4.98 Å². The molecule has 0 saturated carbocycles. The molecular formula is C16H17ClN2O. The van der Waals surface area contributed by atoms with Crippen LogP contribution in [0.3, 0.4) is 0 Å². The number of aliphatic hydroxyl groups is 1. The highest BCUT2D eigenvalue weighted by atomic mass is 35.5. The lowest BCUT2D eigenvalue weighted by Crippen LogP contribution is -2.43. The van der Waals surface area contributed by atoms with Gasteiger partial charge < -0.3 is 10.0 Å². The van der Waals surface area contributed by atoms with Crippen LogP contribution in [0.15, 0.2) is 48.7 Å². The lowest BCUT2D eigenvalue weighted by Gasteiger charge is -2.39. The molecule has 1 aromatic carbocycles. The number of pyridine rings is 1. The minimum absolute atomic E-state index is 0.640. The minimum atomic E-state index is -0.830. The highest BCUT2D eigenvalue weighted by Gasteiger charge is 2.35. The van der Waals surface area contributed by atoms with Gasteiger partial charge in [-0.3, -0.25) is 0 Å². The molecule has 0 radical (unpaired) electrons. The van der Waals surface area contributed by atoms with Crippen molar-refractivity contribution in [2.75, 3.05) is 18.0 Å². The Morgan fingerprint density at radius 2 is 1.75 bits per heavy atom. The van der Waals surface area contributed by atoms with E-state index in [9.17, 15) is 5.11 Å². The van der Waals surface area contributed by atoms with Crippen molar-refractivity contribution < 1.29 is 5.11 Å². The average molecular weight is 289 g/mol. The third-order valence-corrected chi connectivity index (χ3v) is 4.27. The van der Waals surface area contributed by atoms with Crippen molar-refractivity contribution in [3.05, 3.63) is 59.2 Å². The first-order chi connectivity index (χ1) is 9.69. The number of hydrogen-bond donors (Lipinski definition) is 1. The normalized spacial score (nSPS) is 18.0. The van der Waals surface area contributed by atoms with Crippen LogP contribution in [0.25, 0.3) is 0 Å². The number of hydrogen-bond acceptors (Lipinski definition) is 3. The van der Waals surface area contributed by atoms with E-state index in [4.69, 9.17) is 11.6 Å². The lowest BCUT2D eigenvalue weighted by molar-refractivity contribution is 0.0117. The van der Waals surface area contributed by atoms with E-state index in [1.54, 1.807) is 6.20 Å². The Bertz CT molecular complexity index is 580. The molecule has 20 heavy (non-hydrogen) atoms. The van der Waals surface area contributed by atoms with E-state index in [-0.39, 0.29) is 0 Å². The van der Waals surface area contributed by atoms with Crippen molar-refractivity contribution in [1.82, 2.24) is 4.98 Å². The first-order valence-electron chi connectivity index (χ1n) is 6.82. The van der Waals surface area contributed by atoms with Crippen LogP contribution in [0.2, 0.25) is 5.02 Å². The maximum absolute atomic E-state index is 10.9. The number of halogens is 1.